The lowest BCUT2D eigenvalue weighted by Gasteiger charge is -2.34. The fourth-order valence-electron chi connectivity index (χ4n) is 3.60. The standard InChI is InChI=1S/C14H21F2N4O13P3/c1-13(2,31-35(26,27)33-36(28,29)32-34(23,24)25)8-7(21)14(16,5-15)11(30-8)20-4-3-6-9(20)18-12(17)19-10(6)22/h3-4,7-8,11,21H,5H2,1-2H3,(H,26,27)(H,28,29)(H2,23,24,25)(H3,17,18,19,22)/t7?,8-,11+,14+/m0/s1. The normalized spacial score (nSPS) is 28.8. The van der Waals surface area contributed by atoms with Crippen molar-refractivity contribution in [2.45, 2.75) is 43.6 Å². The van der Waals surface area contributed by atoms with Crippen LogP contribution >= 0.6 is 23.5 Å². The first-order valence-electron chi connectivity index (χ1n) is 9.51. The molecule has 17 nitrogen and oxygen atoms in total. The number of nitrogens with one attached hydrogen (secondary N) is 1. The van der Waals surface area contributed by atoms with Crippen molar-refractivity contribution in [1.82, 2.24) is 14.5 Å². The molecule has 0 radical (unpaired) electrons. The number of aromatic amines is 1. The van der Waals surface area contributed by atoms with E-state index in [0.29, 0.717) is 0 Å². The number of fused-ring (bicyclic) bond motifs is 1. The van der Waals surface area contributed by atoms with Gasteiger partial charge in [-0.05, 0) is 19.9 Å². The lowest BCUT2D eigenvalue weighted by molar-refractivity contribution is -0.118. The van der Waals surface area contributed by atoms with Crippen molar-refractivity contribution < 1.29 is 65.0 Å². The molecule has 36 heavy (non-hydrogen) atoms. The number of anilines is 1. The Labute approximate surface area is 199 Å². The summed E-state index contributed by atoms with van der Waals surface area (Å²) in [5, 5.41) is 10.5. The van der Waals surface area contributed by atoms with Gasteiger partial charge < -0.3 is 39.7 Å². The predicted molar refractivity (Wildman–Crippen MR) is 114 cm³/mol. The van der Waals surface area contributed by atoms with E-state index in [1.807, 2.05) is 0 Å². The molecule has 2 aromatic rings. The van der Waals surface area contributed by atoms with E-state index in [9.17, 15) is 37.8 Å². The fraction of sp³-hybridized carbons (Fsp3) is 0.571. The van der Waals surface area contributed by atoms with Crippen molar-refractivity contribution in [3.63, 3.8) is 0 Å². The molecule has 3 heterocycles. The molecule has 0 spiro atoms. The molecule has 3 rings (SSSR count). The van der Waals surface area contributed by atoms with Crippen molar-refractivity contribution >= 4 is 40.4 Å². The molecular weight excluding hydrogens is 563 g/mol. The number of alkyl halides is 2. The summed E-state index contributed by atoms with van der Waals surface area (Å²) >= 11 is 0. The number of aromatic nitrogens is 3. The zero-order valence-electron chi connectivity index (χ0n) is 18.2. The molecule has 0 aromatic carbocycles. The van der Waals surface area contributed by atoms with Crippen LogP contribution in [0, 0.1) is 0 Å². The third-order valence-corrected chi connectivity index (χ3v) is 9.00. The smallest absolute Gasteiger partial charge is 0.387 e. The van der Waals surface area contributed by atoms with E-state index in [4.69, 9.17) is 24.8 Å². The van der Waals surface area contributed by atoms with Gasteiger partial charge in [-0.15, -0.1) is 0 Å². The molecule has 2 aromatic heterocycles. The third kappa shape index (κ3) is 5.78. The Balaban J connectivity index is 1.94. The molecule has 8 N–H and O–H groups in total. The topological polar surface area (TPSA) is 266 Å². The van der Waals surface area contributed by atoms with Crippen LogP contribution in [0.4, 0.5) is 14.7 Å². The Bertz CT molecular complexity index is 1360. The number of nitrogens with zero attached hydrogens (tertiary/aromatic N) is 2. The Morgan fingerprint density at radius 1 is 1.25 bits per heavy atom. The van der Waals surface area contributed by atoms with Crippen molar-refractivity contribution in [2.24, 2.45) is 0 Å². The number of hydrogen-bond acceptors (Lipinski definition) is 11. The Morgan fingerprint density at radius 3 is 2.42 bits per heavy atom. The van der Waals surface area contributed by atoms with Crippen molar-refractivity contribution in [2.75, 3.05) is 12.4 Å². The van der Waals surface area contributed by atoms with Gasteiger partial charge in [0.1, 0.15) is 24.5 Å². The van der Waals surface area contributed by atoms with Crippen LogP contribution in [-0.4, -0.2) is 69.4 Å². The van der Waals surface area contributed by atoms with E-state index < -0.39 is 65.4 Å². The van der Waals surface area contributed by atoms with Crippen LogP contribution in [0.5, 0.6) is 0 Å². The average Bonchev–Trinajstić information content (AvgIpc) is 3.17. The third-order valence-electron chi connectivity index (χ3n) is 4.97. The van der Waals surface area contributed by atoms with Crippen molar-refractivity contribution in [3.8, 4) is 0 Å². The molecule has 0 bridgehead atoms. The highest BCUT2D eigenvalue weighted by molar-refractivity contribution is 7.66. The lowest BCUT2D eigenvalue weighted by atomic mass is 9.89. The number of ether oxygens (including phenoxy) is 1. The number of rotatable bonds is 9. The first-order chi connectivity index (χ1) is 16.2. The Morgan fingerprint density at radius 2 is 1.86 bits per heavy atom. The number of aliphatic hydroxyl groups excluding tert-OH is 1. The molecule has 1 aliphatic heterocycles. The zero-order chi connectivity index (χ0) is 27.5. The van der Waals surface area contributed by atoms with Gasteiger partial charge in [-0.25, -0.2) is 22.5 Å². The van der Waals surface area contributed by atoms with Crippen LogP contribution < -0.4 is 11.3 Å². The first-order valence-corrected chi connectivity index (χ1v) is 14.0. The molecule has 22 heteroatoms. The minimum Gasteiger partial charge on any atom is -0.387 e. The van der Waals surface area contributed by atoms with Crippen LogP contribution in [0.1, 0.15) is 20.1 Å². The molecule has 204 valence electrons. The summed E-state index contributed by atoms with van der Waals surface area (Å²) in [5.41, 5.74) is -1.02. The van der Waals surface area contributed by atoms with Gasteiger partial charge >= 0.3 is 23.5 Å². The summed E-state index contributed by atoms with van der Waals surface area (Å²) < 4.78 is 82.5. The molecular formula is C14H21F2N4O13P3. The SMILES string of the molecule is CC(C)(OP(=O)(O)OP(=O)(O)OP(=O)(O)O)[C@H]1O[C@@H](n2ccc3c(=O)[nH]c(N)nc32)[C@@](F)(CF)C1O. The van der Waals surface area contributed by atoms with Crippen LogP contribution in [0.25, 0.3) is 11.0 Å². The Kier molecular flexibility index (Phi) is 7.49. The van der Waals surface area contributed by atoms with E-state index in [-0.39, 0.29) is 17.0 Å². The minimum atomic E-state index is -5.88. The van der Waals surface area contributed by atoms with Gasteiger partial charge in [0, 0.05) is 6.20 Å². The van der Waals surface area contributed by atoms with E-state index in [1.54, 1.807) is 0 Å². The van der Waals surface area contributed by atoms with Gasteiger partial charge in [0.25, 0.3) is 5.56 Å². The quantitative estimate of drug-likeness (QED) is 0.196. The van der Waals surface area contributed by atoms with E-state index in [1.165, 1.54) is 6.07 Å². The maximum absolute atomic E-state index is 15.7. The van der Waals surface area contributed by atoms with Gasteiger partial charge in [-0.1, -0.05) is 0 Å². The summed E-state index contributed by atoms with van der Waals surface area (Å²) in [6.07, 6.45) is -5.33. The first kappa shape index (κ1) is 29.0. The van der Waals surface area contributed by atoms with Gasteiger partial charge in [0.05, 0.1) is 5.39 Å². The molecule has 0 aliphatic carbocycles. The lowest BCUT2D eigenvalue weighted by Crippen LogP contribution is -2.50. The van der Waals surface area contributed by atoms with Gasteiger partial charge in [0.2, 0.25) is 11.6 Å². The van der Waals surface area contributed by atoms with Crippen LogP contribution in [0.3, 0.4) is 0 Å². The summed E-state index contributed by atoms with van der Waals surface area (Å²) in [6.45, 7) is -0.0109. The molecule has 3 unspecified atom stereocenters. The number of hydrogen-bond donors (Lipinski definition) is 7. The number of phosphoric acid groups is 3. The van der Waals surface area contributed by atoms with Crippen LogP contribution in [0.15, 0.2) is 17.1 Å². The number of halogens is 2. The molecule has 1 aliphatic rings. The molecule has 0 amide bonds. The molecule has 0 saturated carbocycles. The molecule has 1 fully saturated rings. The second kappa shape index (κ2) is 9.31. The molecule has 1 saturated heterocycles. The monoisotopic (exact) mass is 584 g/mol. The highest BCUT2D eigenvalue weighted by Crippen LogP contribution is 2.67. The maximum Gasteiger partial charge on any atom is 0.490 e. The van der Waals surface area contributed by atoms with Crippen molar-refractivity contribution in [3.05, 3.63) is 22.6 Å². The second-order valence-corrected chi connectivity index (χ2v) is 12.5. The van der Waals surface area contributed by atoms with Crippen LogP contribution in [-0.2, 0) is 31.6 Å². The summed E-state index contributed by atoms with van der Waals surface area (Å²) in [5.74, 6) is -0.375. The maximum atomic E-state index is 15.7. The number of aliphatic hydroxyl groups is 1. The second-order valence-electron chi connectivity index (χ2n) is 8.11. The van der Waals surface area contributed by atoms with Gasteiger partial charge in [-0.3, -0.25) is 14.3 Å². The fourth-order valence-corrected chi connectivity index (χ4v) is 6.94. The van der Waals surface area contributed by atoms with Gasteiger partial charge in [-0.2, -0.15) is 13.6 Å². The number of nitrogen functional groups attached to an aromatic ring is 1. The number of nitrogens with two attached hydrogens (primary N) is 1. The minimum absolute atomic E-state index is 0.0977. The van der Waals surface area contributed by atoms with Crippen molar-refractivity contribution in [1.29, 1.82) is 0 Å². The predicted octanol–water partition coefficient (Wildman–Crippen LogP) is 0.365. The van der Waals surface area contributed by atoms with E-state index >= 15 is 4.39 Å². The summed E-state index contributed by atoms with van der Waals surface area (Å²) in [6, 6.07) is 1.18. The highest BCUT2D eigenvalue weighted by Gasteiger charge is 2.63. The number of phosphoric ester groups is 1. The summed E-state index contributed by atoms with van der Waals surface area (Å²) in [4.78, 5) is 54.4. The number of H-pyrrole nitrogens is 1. The highest BCUT2D eigenvalue weighted by atomic mass is 31.3. The summed E-state index contributed by atoms with van der Waals surface area (Å²) in [7, 11) is -17.3. The average molecular weight is 584 g/mol. The zero-order valence-corrected chi connectivity index (χ0v) is 20.8. The van der Waals surface area contributed by atoms with Gasteiger partial charge in [0.15, 0.2) is 11.9 Å². The molecule has 6 atom stereocenters. The Hall–Kier alpha value is -1.59. The largest absolute Gasteiger partial charge is 0.490 e. The van der Waals surface area contributed by atoms with Crippen LogP contribution in [0.2, 0.25) is 0 Å². The van der Waals surface area contributed by atoms with E-state index in [0.717, 1.165) is 24.6 Å². The van der Waals surface area contributed by atoms with E-state index in [2.05, 4.69) is 18.6 Å².